The van der Waals surface area contributed by atoms with E-state index < -0.39 is 0 Å². The summed E-state index contributed by atoms with van der Waals surface area (Å²) in [4.78, 5) is 0. The summed E-state index contributed by atoms with van der Waals surface area (Å²) in [6.45, 7) is 2.23. The van der Waals surface area contributed by atoms with Crippen molar-refractivity contribution in [3.05, 3.63) is 0 Å². The zero-order valence-electron chi connectivity index (χ0n) is 8.52. The van der Waals surface area contributed by atoms with E-state index in [1.54, 1.807) is 0 Å². The van der Waals surface area contributed by atoms with E-state index in [4.69, 9.17) is 4.74 Å². The van der Waals surface area contributed by atoms with Crippen LogP contribution in [0.2, 0.25) is 0 Å². The summed E-state index contributed by atoms with van der Waals surface area (Å²) in [6, 6.07) is 0.557. The van der Waals surface area contributed by atoms with Crippen molar-refractivity contribution in [2.24, 2.45) is 0 Å². The minimum Gasteiger partial charge on any atom is -0.377 e. The molecule has 0 heterocycles. The van der Waals surface area contributed by atoms with Crippen molar-refractivity contribution in [2.75, 3.05) is 14.2 Å². The van der Waals surface area contributed by atoms with Crippen LogP contribution in [0.25, 0.3) is 0 Å². The number of rotatable bonds is 5. The standard InChI is InChI=1S/C10H21NO/c1-4-6-9(11-2)10(12-3)7-5-8-10/h9,11H,4-8H2,1-3H3. The molecule has 1 aliphatic rings. The van der Waals surface area contributed by atoms with E-state index in [0.29, 0.717) is 6.04 Å². The van der Waals surface area contributed by atoms with Crippen LogP contribution in [-0.2, 0) is 4.74 Å². The van der Waals surface area contributed by atoms with Crippen molar-refractivity contribution in [3.8, 4) is 0 Å². The fraction of sp³-hybridized carbons (Fsp3) is 1.00. The second kappa shape index (κ2) is 4.24. The van der Waals surface area contributed by atoms with Gasteiger partial charge >= 0.3 is 0 Å². The Morgan fingerprint density at radius 2 is 2.17 bits per heavy atom. The molecule has 1 atom stereocenters. The molecule has 1 N–H and O–H groups in total. The second-order valence-corrected chi connectivity index (χ2v) is 3.75. The third-order valence-electron chi connectivity index (χ3n) is 3.17. The van der Waals surface area contributed by atoms with Gasteiger partial charge in [-0.3, -0.25) is 0 Å². The molecule has 1 saturated carbocycles. The van der Waals surface area contributed by atoms with Crippen LogP contribution in [0.1, 0.15) is 39.0 Å². The third kappa shape index (κ3) is 1.64. The molecule has 0 aromatic heterocycles. The summed E-state index contributed by atoms with van der Waals surface area (Å²) >= 11 is 0. The highest BCUT2D eigenvalue weighted by Crippen LogP contribution is 2.39. The number of hydrogen-bond donors (Lipinski definition) is 1. The molecule has 0 spiro atoms. The van der Waals surface area contributed by atoms with E-state index in [0.717, 1.165) is 0 Å². The van der Waals surface area contributed by atoms with Crippen LogP contribution in [0.3, 0.4) is 0 Å². The lowest BCUT2D eigenvalue weighted by Gasteiger charge is -2.46. The summed E-state index contributed by atoms with van der Waals surface area (Å²) in [5, 5.41) is 3.37. The first-order chi connectivity index (χ1) is 5.79. The van der Waals surface area contributed by atoms with Crippen LogP contribution in [-0.4, -0.2) is 25.8 Å². The molecular formula is C10H21NO. The van der Waals surface area contributed by atoms with E-state index in [1.165, 1.54) is 32.1 Å². The van der Waals surface area contributed by atoms with Gasteiger partial charge < -0.3 is 10.1 Å². The van der Waals surface area contributed by atoms with Crippen LogP contribution >= 0.6 is 0 Å². The maximum Gasteiger partial charge on any atom is 0.0830 e. The fourth-order valence-corrected chi connectivity index (χ4v) is 2.18. The van der Waals surface area contributed by atoms with Gasteiger partial charge in [-0.25, -0.2) is 0 Å². The zero-order chi connectivity index (χ0) is 9.03. The number of ether oxygens (including phenoxy) is 1. The van der Waals surface area contributed by atoms with Gasteiger partial charge in [-0.2, -0.15) is 0 Å². The lowest BCUT2D eigenvalue weighted by Crippen LogP contribution is -2.55. The third-order valence-corrected chi connectivity index (χ3v) is 3.17. The van der Waals surface area contributed by atoms with Gasteiger partial charge in [0.1, 0.15) is 0 Å². The predicted octanol–water partition coefficient (Wildman–Crippen LogP) is 1.94. The van der Waals surface area contributed by atoms with Crippen LogP contribution in [0.4, 0.5) is 0 Å². The Kier molecular flexibility index (Phi) is 3.53. The van der Waals surface area contributed by atoms with E-state index in [1.807, 2.05) is 14.2 Å². The molecule has 0 bridgehead atoms. The predicted molar refractivity (Wildman–Crippen MR) is 51.3 cm³/mol. The van der Waals surface area contributed by atoms with Crippen molar-refractivity contribution in [2.45, 2.75) is 50.7 Å². The summed E-state index contributed by atoms with van der Waals surface area (Å²) in [5.41, 5.74) is 0.171. The number of methoxy groups -OCH3 is 1. The Morgan fingerprint density at radius 3 is 2.42 bits per heavy atom. The molecule has 0 aromatic rings. The van der Waals surface area contributed by atoms with Gasteiger partial charge in [0.25, 0.3) is 0 Å². The van der Waals surface area contributed by atoms with E-state index >= 15 is 0 Å². The normalized spacial score (nSPS) is 23.2. The quantitative estimate of drug-likeness (QED) is 0.682. The maximum atomic E-state index is 5.62. The van der Waals surface area contributed by atoms with E-state index in [2.05, 4.69) is 12.2 Å². The van der Waals surface area contributed by atoms with Crippen molar-refractivity contribution in [1.29, 1.82) is 0 Å². The van der Waals surface area contributed by atoms with Crippen molar-refractivity contribution in [1.82, 2.24) is 5.32 Å². The van der Waals surface area contributed by atoms with Gasteiger partial charge in [-0.15, -0.1) is 0 Å². The summed E-state index contributed by atoms with van der Waals surface area (Å²) in [6.07, 6.45) is 6.25. The molecule has 1 fully saturated rings. The van der Waals surface area contributed by atoms with Crippen LogP contribution in [0, 0.1) is 0 Å². The van der Waals surface area contributed by atoms with Gasteiger partial charge in [0.15, 0.2) is 0 Å². The van der Waals surface area contributed by atoms with Gasteiger partial charge in [-0.05, 0) is 32.7 Å². The van der Waals surface area contributed by atoms with Gasteiger partial charge in [0.05, 0.1) is 5.60 Å². The van der Waals surface area contributed by atoms with Crippen molar-refractivity contribution < 1.29 is 4.74 Å². The molecular weight excluding hydrogens is 150 g/mol. The monoisotopic (exact) mass is 171 g/mol. The summed E-state index contributed by atoms with van der Waals surface area (Å²) in [7, 11) is 3.89. The molecule has 12 heavy (non-hydrogen) atoms. The molecule has 1 unspecified atom stereocenters. The van der Waals surface area contributed by atoms with Gasteiger partial charge in [0, 0.05) is 13.2 Å². The molecule has 2 heteroatoms. The van der Waals surface area contributed by atoms with E-state index in [-0.39, 0.29) is 5.60 Å². The molecule has 72 valence electrons. The van der Waals surface area contributed by atoms with Crippen molar-refractivity contribution in [3.63, 3.8) is 0 Å². The van der Waals surface area contributed by atoms with Crippen LogP contribution in [0.5, 0.6) is 0 Å². The van der Waals surface area contributed by atoms with Gasteiger partial charge in [-0.1, -0.05) is 13.3 Å². The highest BCUT2D eigenvalue weighted by molar-refractivity contribution is 4.98. The second-order valence-electron chi connectivity index (χ2n) is 3.75. The number of hydrogen-bond acceptors (Lipinski definition) is 2. The molecule has 0 amide bonds. The maximum absolute atomic E-state index is 5.62. The SMILES string of the molecule is CCCC(NC)C1(OC)CCC1. The van der Waals surface area contributed by atoms with E-state index in [9.17, 15) is 0 Å². The van der Waals surface area contributed by atoms with Crippen LogP contribution in [0.15, 0.2) is 0 Å². The fourth-order valence-electron chi connectivity index (χ4n) is 2.18. The zero-order valence-corrected chi connectivity index (χ0v) is 8.52. The minimum absolute atomic E-state index is 0.171. The largest absolute Gasteiger partial charge is 0.377 e. The first-order valence-electron chi connectivity index (χ1n) is 5.01. The average molecular weight is 171 g/mol. The molecule has 0 aromatic carbocycles. The van der Waals surface area contributed by atoms with Gasteiger partial charge in [0.2, 0.25) is 0 Å². The Balaban J connectivity index is 2.49. The summed E-state index contributed by atoms with van der Waals surface area (Å²) < 4.78 is 5.62. The number of nitrogens with one attached hydrogen (secondary N) is 1. The highest BCUT2D eigenvalue weighted by atomic mass is 16.5. The lowest BCUT2D eigenvalue weighted by atomic mass is 9.73. The lowest BCUT2D eigenvalue weighted by molar-refractivity contribution is -0.0985. The van der Waals surface area contributed by atoms with Crippen molar-refractivity contribution >= 4 is 0 Å². The molecule has 1 rings (SSSR count). The molecule has 0 radical (unpaired) electrons. The topological polar surface area (TPSA) is 21.3 Å². The Morgan fingerprint density at radius 1 is 1.50 bits per heavy atom. The Bertz CT molecular complexity index is 126. The number of likely N-dealkylation sites (N-methyl/N-ethyl adjacent to an activating group) is 1. The van der Waals surface area contributed by atoms with Crippen LogP contribution < -0.4 is 5.32 Å². The highest BCUT2D eigenvalue weighted by Gasteiger charge is 2.43. The smallest absolute Gasteiger partial charge is 0.0830 e. The first-order valence-corrected chi connectivity index (χ1v) is 5.01. The molecule has 0 aliphatic heterocycles. The minimum atomic E-state index is 0.171. The molecule has 1 aliphatic carbocycles. The summed E-state index contributed by atoms with van der Waals surface area (Å²) in [5.74, 6) is 0. The Labute approximate surface area is 75.7 Å². The molecule has 0 saturated heterocycles. The average Bonchev–Trinajstić information content (AvgIpc) is 2.02. The Hall–Kier alpha value is -0.0800. The first kappa shape index (κ1) is 10.0. The molecule has 2 nitrogen and oxygen atoms in total.